The summed E-state index contributed by atoms with van der Waals surface area (Å²) in [5.41, 5.74) is 0.0900. The summed E-state index contributed by atoms with van der Waals surface area (Å²) in [5.74, 6) is -0.205. The number of halogens is 3. The van der Waals surface area contributed by atoms with E-state index in [0.717, 1.165) is 17.7 Å². The van der Waals surface area contributed by atoms with Crippen molar-refractivity contribution in [3.8, 4) is 0 Å². The second kappa shape index (κ2) is 10.5. The quantitative estimate of drug-likeness (QED) is 0.851. The first-order valence-electron chi connectivity index (χ1n) is 9.05. The van der Waals surface area contributed by atoms with Gasteiger partial charge in [0.1, 0.15) is 0 Å². The molecule has 1 fully saturated rings. The molecule has 148 valence electrons. The SMILES string of the molecule is CC.CC(C)C(=O)NCC(c1ccc(C(F)(F)F)cc1)N1CCOCC1. The fraction of sp³-hybridized carbons (Fsp3) is 0.632. The van der Waals surface area contributed by atoms with Crippen LogP contribution in [-0.4, -0.2) is 43.7 Å². The van der Waals surface area contributed by atoms with Crippen LogP contribution in [0.25, 0.3) is 0 Å². The Balaban J connectivity index is 0.00000163. The number of rotatable bonds is 5. The molecule has 0 bridgehead atoms. The maximum Gasteiger partial charge on any atom is 0.416 e. The first-order chi connectivity index (χ1) is 12.3. The second-order valence-corrected chi connectivity index (χ2v) is 6.18. The van der Waals surface area contributed by atoms with E-state index in [-0.39, 0.29) is 17.9 Å². The van der Waals surface area contributed by atoms with E-state index in [4.69, 9.17) is 4.74 Å². The van der Waals surface area contributed by atoms with E-state index in [9.17, 15) is 18.0 Å². The number of hydrogen-bond donors (Lipinski definition) is 1. The number of amides is 1. The van der Waals surface area contributed by atoms with Gasteiger partial charge in [-0.25, -0.2) is 0 Å². The summed E-state index contributed by atoms with van der Waals surface area (Å²) >= 11 is 0. The van der Waals surface area contributed by atoms with Crippen LogP contribution in [0.15, 0.2) is 24.3 Å². The van der Waals surface area contributed by atoms with E-state index in [1.54, 1.807) is 13.8 Å². The number of alkyl halides is 3. The summed E-state index contributed by atoms with van der Waals surface area (Å²) in [6, 6.07) is 4.99. The highest BCUT2D eigenvalue weighted by Crippen LogP contribution is 2.31. The van der Waals surface area contributed by atoms with Gasteiger partial charge in [0, 0.05) is 25.6 Å². The van der Waals surface area contributed by atoms with Gasteiger partial charge in [0.25, 0.3) is 0 Å². The molecule has 1 unspecified atom stereocenters. The molecule has 26 heavy (non-hydrogen) atoms. The Hall–Kier alpha value is -1.60. The molecule has 1 heterocycles. The summed E-state index contributed by atoms with van der Waals surface area (Å²) in [6.45, 7) is 10.5. The molecule has 0 saturated carbocycles. The van der Waals surface area contributed by atoms with Crippen LogP contribution in [0.1, 0.15) is 44.9 Å². The fourth-order valence-corrected chi connectivity index (χ4v) is 2.64. The third-order valence-corrected chi connectivity index (χ3v) is 4.10. The standard InChI is InChI=1S/C17H23F3N2O2.C2H6/c1-12(2)16(23)21-11-15(22-7-9-24-10-8-22)13-3-5-14(6-4-13)17(18,19)20;1-2/h3-6,12,15H,7-11H2,1-2H3,(H,21,23);1-2H3. The molecule has 2 rings (SSSR count). The van der Waals surface area contributed by atoms with Gasteiger partial charge < -0.3 is 10.1 Å². The molecule has 0 radical (unpaired) electrons. The molecule has 1 aliphatic heterocycles. The van der Waals surface area contributed by atoms with Crippen LogP contribution in [0.5, 0.6) is 0 Å². The van der Waals surface area contributed by atoms with Gasteiger partial charge in [0.05, 0.1) is 24.8 Å². The summed E-state index contributed by atoms with van der Waals surface area (Å²) in [6.07, 6.45) is -4.35. The largest absolute Gasteiger partial charge is 0.416 e. The Labute approximate surface area is 153 Å². The molecule has 1 aliphatic rings. The number of benzene rings is 1. The minimum Gasteiger partial charge on any atom is -0.379 e. The van der Waals surface area contributed by atoms with E-state index >= 15 is 0 Å². The topological polar surface area (TPSA) is 41.6 Å². The number of ether oxygens (including phenoxy) is 1. The molecule has 1 aromatic rings. The third-order valence-electron chi connectivity index (χ3n) is 4.10. The zero-order valence-corrected chi connectivity index (χ0v) is 15.9. The van der Waals surface area contributed by atoms with E-state index in [1.165, 1.54) is 12.1 Å². The van der Waals surface area contributed by atoms with E-state index in [1.807, 2.05) is 13.8 Å². The Kier molecular flexibility index (Phi) is 9.08. The smallest absolute Gasteiger partial charge is 0.379 e. The summed E-state index contributed by atoms with van der Waals surface area (Å²) in [4.78, 5) is 14.0. The third kappa shape index (κ3) is 6.61. The lowest BCUT2D eigenvalue weighted by molar-refractivity contribution is -0.137. The van der Waals surface area contributed by atoms with Gasteiger partial charge >= 0.3 is 6.18 Å². The number of carbonyl (C=O) groups is 1. The van der Waals surface area contributed by atoms with Crippen LogP contribution in [0.2, 0.25) is 0 Å². The first kappa shape index (κ1) is 22.4. The van der Waals surface area contributed by atoms with Gasteiger partial charge in [-0.3, -0.25) is 9.69 Å². The predicted molar refractivity (Wildman–Crippen MR) is 95.8 cm³/mol. The number of nitrogens with one attached hydrogen (secondary N) is 1. The monoisotopic (exact) mass is 374 g/mol. The molecule has 0 spiro atoms. The summed E-state index contributed by atoms with van der Waals surface area (Å²) in [7, 11) is 0. The molecule has 1 aromatic carbocycles. The van der Waals surface area contributed by atoms with Crippen molar-refractivity contribution >= 4 is 5.91 Å². The van der Waals surface area contributed by atoms with Crippen LogP contribution in [0, 0.1) is 5.92 Å². The summed E-state index contributed by atoms with van der Waals surface area (Å²) in [5, 5.41) is 2.88. The normalized spacial score (nSPS) is 16.6. The second-order valence-electron chi connectivity index (χ2n) is 6.18. The van der Waals surface area contributed by atoms with Crippen molar-refractivity contribution in [3.05, 3.63) is 35.4 Å². The molecular weight excluding hydrogens is 345 g/mol. The highest BCUT2D eigenvalue weighted by atomic mass is 19.4. The van der Waals surface area contributed by atoms with E-state index in [0.29, 0.717) is 32.8 Å². The van der Waals surface area contributed by atoms with Crippen LogP contribution < -0.4 is 5.32 Å². The molecule has 1 N–H and O–H groups in total. The van der Waals surface area contributed by atoms with Crippen molar-refractivity contribution in [2.24, 2.45) is 5.92 Å². The van der Waals surface area contributed by atoms with Crippen molar-refractivity contribution in [3.63, 3.8) is 0 Å². The first-order valence-corrected chi connectivity index (χ1v) is 9.05. The maximum atomic E-state index is 12.7. The number of carbonyl (C=O) groups excluding carboxylic acids is 1. The molecule has 0 aromatic heterocycles. The minimum absolute atomic E-state index is 0.0693. The summed E-state index contributed by atoms with van der Waals surface area (Å²) < 4.78 is 43.5. The van der Waals surface area contributed by atoms with Gasteiger partial charge in [-0.1, -0.05) is 39.8 Å². The zero-order valence-electron chi connectivity index (χ0n) is 15.9. The van der Waals surface area contributed by atoms with Crippen molar-refractivity contribution in [2.45, 2.75) is 39.9 Å². The van der Waals surface area contributed by atoms with Gasteiger partial charge in [-0.2, -0.15) is 13.2 Å². The van der Waals surface area contributed by atoms with Crippen molar-refractivity contribution < 1.29 is 22.7 Å². The minimum atomic E-state index is -4.35. The van der Waals surface area contributed by atoms with Crippen LogP contribution in [-0.2, 0) is 15.7 Å². The Morgan fingerprint density at radius 2 is 1.69 bits per heavy atom. The van der Waals surface area contributed by atoms with Crippen LogP contribution in [0.3, 0.4) is 0 Å². The number of nitrogens with zero attached hydrogens (tertiary/aromatic N) is 1. The molecular formula is C19H29F3N2O2. The number of hydrogen-bond acceptors (Lipinski definition) is 3. The molecule has 7 heteroatoms. The zero-order chi connectivity index (χ0) is 19.7. The lowest BCUT2D eigenvalue weighted by Crippen LogP contribution is -2.44. The molecule has 1 atom stereocenters. The highest BCUT2D eigenvalue weighted by molar-refractivity contribution is 5.77. The van der Waals surface area contributed by atoms with E-state index in [2.05, 4.69) is 10.2 Å². The number of morpholine rings is 1. The van der Waals surface area contributed by atoms with Gasteiger partial charge in [-0.15, -0.1) is 0 Å². The average molecular weight is 374 g/mol. The highest BCUT2D eigenvalue weighted by Gasteiger charge is 2.31. The lowest BCUT2D eigenvalue weighted by atomic mass is 10.0. The van der Waals surface area contributed by atoms with Gasteiger partial charge in [-0.05, 0) is 17.7 Å². The van der Waals surface area contributed by atoms with Crippen molar-refractivity contribution in [1.82, 2.24) is 10.2 Å². The van der Waals surface area contributed by atoms with Gasteiger partial charge in [0.15, 0.2) is 0 Å². The van der Waals surface area contributed by atoms with Crippen molar-refractivity contribution in [2.75, 3.05) is 32.8 Å². The predicted octanol–water partition coefficient (Wildman–Crippen LogP) is 3.88. The van der Waals surface area contributed by atoms with Crippen LogP contribution in [0.4, 0.5) is 13.2 Å². The molecule has 4 nitrogen and oxygen atoms in total. The Bertz CT molecular complexity index is 539. The van der Waals surface area contributed by atoms with Gasteiger partial charge in [0.2, 0.25) is 5.91 Å². The van der Waals surface area contributed by atoms with E-state index < -0.39 is 11.7 Å². The molecule has 1 saturated heterocycles. The fourth-order valence-electron chi connectivity index (χ4n) is 2.64. The molecule has 1 amide bonds. The Morgan fingerprint density at radius 3 is 2.15 bits per heavy atom. The lowest BCUT2D eigenvalue weighted by Gasteiger charge is -2.35. The van der Waals surface area contributed by atoms with Crippen molar-refractivity contribution in [1.29, 1.82) is 0 Å². The Morgan fingerprint density at radius 1 is 1.15 bits per heavy atom. The average Bonchev–Trinajstić information content (AvgIpc) is 2.64. The van der Waals surface area contributed by atoms with Crippen LogP contribution >= 0.6 is 0 Å². The maximum absolute atomic E-state index is 12.7. The molecule has 0 aliphatic carbocycles.